The number of amides is 1. The molecule has 1 amide bonds. The van der Waals surface area contributed by atoms with Gasteiger partial charge in [0.15, 0.2) is 17.5 Å². The van der Waals surface area contributed by atoms with Gasteiger partial charge in [-0.15, -0.1) is 0 Å². The summed E-state index contributed by atoms with van der Waals surface area (Å²) in [5.74, 6) is 0.485. The lowest BCUT2D eigenvalue weighted by Gasteiger charge is -2.36. The Balaban J connectivity index is 1.34. The monoisotopic (exact) mass is 606 g/mol. The van der Waals surface area contributed by atoms with Gasteiger partial charge < -0.3 is 20.3 Å². The van der Waals surface area contributed by atoms with Crippen molar-refractivity contribution in [1.29, 1.82) is 0 Å². The Kier molecular flexibility index (Phi) is 6.79. The van der Waals surface area contributed by atoms with E-state index in [1.54, 1.807) is 17.3 Å². The van der Waals surface area contributed by atoms with Crippen molar-refractivity contribution >= 4 is 39.7 Å². The third-order valence-electron chi connectivity index (χ3n) is 7.74. The number of nitrogen functional groups attached to an aromatic ring is 1. The number of carbonyl (C=O) groups excluding carboxylic acids is 1. The van der Waals surface area contributed by atoms with Crippen molar-refractivity contribution in [1.82, 2.24) is 39.6 Å². The summed E-state index contributed by atoms with van der Waals surface area (Å²) in [6, 6.07) is 15.2. The van der Waals surface area contributed by atoms with Crippen molar-refractivity contribution in [3.63, 3.8) is 0 Å². The quantitative estimate of drug-likeness (QED) is 0.277. The summed E-state index contributed by atoms with van der Waals surface area (Å²) in [5, 5.41) is 7.85. The average Bonchev–Trinajstić information content (AvgIpc) is 3.72. The summed E-state index contributed by atoms with van der Waals surface area (Å²) in [6.07, 6.45) is 4.33. The molecule has 5 heterocycles. The zero-order valence-electron chi connectivity index (χ0n) is 25.0. The second-order valence-corrected chi connectivity index (χ2v) is 11.9. The van der Waals surface area contributed by atoms with E-state index >= 15 is 4.39 Å². The third-order valence-corrected chi connectivity index (χ3v) is 7.74. The Labute approximate surface area is 257 Å². The average molecular weight is 607 g/mol. The molecule has 0 spiro atoms. The summed E-state index contributed by atoms with van der Waals surface area (Å²) < 4.78 is 22.8. The number of aromatic nitrogens is 7. The van der Waals surface area contributed by atoms with Gasteiger partial charge in [-0.3, -0.25) is 9.67 Å². The van der Waals surface area contributed by atoms with Gasteiger partial charge in [-0.2, -0.15) is 5.10 Å². The van der Waals surface area contributed by atoms with Crippen LogP contribution in [-0.2, 0) is 4.74 Å². The maximum Gasteiger partial charge on any atom is 0.410 e. The van der Waals surface area contributed by atoms with E-state index in [2.05, 4.69) is 25.1 Å². The van der Waals surface area contributed by atoms with E-state index < -0.39 is 11.4 Å². The van der Waals surface area contributed by atoms with E-state index in [4.69, 9.17) is 20.4 Å². The number of aromatic amines is 1. The lowest BCUT2D eigenvalue weighted by atomic mass is 10.0. The number of anilines is 2. The topological polar surface area (TPSA) is 144 Å². The first-order chi connectivity index (χ1) is 21.7. The van der Waals surface area contributed by atoms with Crippen LogP contribution in [0.15, 0.2) is 67.4 Å². The number of hydrogen-bond donors (Lipinski definition) is 2. The van der Waals surface area contributed by atoms with Gasteiger partial charge in [0.05, 0.1) is 22.2 Å². The number of H-pyrrole nitrogens is 1. The number of imidazole rings is 1. The van der Waals surface area contributed by atoms with Gasteiger partial charge in [0.1, 0.15) is 24.1 Å². The van der Waals surface area contributed by atoms with Gasteiger partial charge in [0.2, 0.25) is 0 Å². The summed E-state index contributed by atoms with van der Waals surface area (Å²) in [6.45, 7) is 7.80. The number of ether oxygens (including phenoxy) is 1. The van der Waals surface area contributed by atoms with Crippen LogP contribution in [-0.4, -0.2) is 77.5 Å². The lowest BCUT2D eigenvalue weighted by Crippen LogP contribution is -2.50. The number of nitrogens with two attached hydrogens (primary N) is 1. The molecule has 0 radical (unpaired) electrons. The van der Waals surface area contributed by atoms with Gasteiger partial charge in [0, 0.05) is 55.0 Å². The molecule has 45 heavy (non-hydrogen) atoms. The number of nitrogens with zero attached hydrogens (tertiary/aromatic N) is 8. The molecule has 0 atom stereocenters. The fraction of sp³-hybridized carbons (Fsp3) is 0.250. The third kappa shape index (κ3) is 5.26. The Morgan fingerprint density at radius 1 is 1.00 bits per heavy atom. The van der Waals surface area contributed by atoms with Crippen LogP contribution in [0.4, 0.5) is 20.8 Å². The van der Waals surface area contributed by atoms with Gasteiger partial charge in [-0.25, -0.2) is 29.1 Å². The fourth-order valence-electron chi connectivity index (χ4n) is 5.61. The molecule has 0 bridgehead atoms. The first-order valence-electron chi connectivity index (χ1n) is 14.6. The van der Waals surface area contributed by atoms with Crippen molar-refractivity contribution in [2.45, 2.75) is 26.4 Å². The van der Waals surface area contributed by atoms with Crippen LogP contribution < -0.4 is 10.6 Å². The van der Waals surface area contributed by atoms with Crippen molar-refractivity contribution in [3.8, 4) is 28.2 Å². The number of hydrogen-bond acceptors (Lipinski definition) is 9. The zero-order chi connectivity index (χ0) is 31.3. The Morgan fingerprint density at radius 2 is 1.80 bits per heavy atom. The van der Waals surface area contributed by atoms with Crippen LogP contribution in [0.1, 0.15) is 20.8 Å². The number of nitrogens with one attached hydrogen (secondary N) is 1. The molecular formula is C32H31FN10O2. The van der Waals surface area contributed by atoms with Gasteiger partial charge in [0.25, 0.3) is 0 Å². The van der Waals surface area contributed by atoms with Crippen LogP contribution in [0.2, 0.25) is 0 Å². The Hall–Kier alpha value is -5.59. The van der Waals surface area contributed by atoms with Crippen LogP contribution in [0.5, 0.6) is 0 Å². The van der Waals surface area contributed by atoms with Gasteiger partial charge >= 0.3 is 6.09 Å². The van der Waals surface area contributed by atoms with Crippen molar-refractivity contribution in [3.05, 3.63) is 73.2 Å². The predicted octanol–water partition coefficient (Wildman–Crippen LogP) is 5.20. The summed E-state index contributed by atoms with van der Waals surface area (Å²) in [5.41, 5.74) is 9.87. The number of pyridine rings is 2. The number of carbonyl (C=O) groups is 1. The SMILES string of the molecule is CC(C)(C)OC(=O)N1CCN(c2cc(-n3cnc4c(-c5ncn[nH]5)cc(-c5ccnc(N)c5F)cc43)c3ccccc3n2)CC1. The highest BCUT2D eigenvalue weighted by Gasteiger charge is 2.27. The van der Waals surface area contributed by atoms with Crippen LogP contribution in [0.3, 0.4) is 0 Å². The summed E-state index contributed by atoms with van der Waals surface area (Å²) >= 11 is 0. The number of piperazine rings is 1. The summed E-state index contributed by atoms with van der Waals surface area (Å²) in [7, 11) is 0. The molecule has 13 heteroatoms. The first-order valence-corrected chi connectivity index (χ1v) is 14.6. The molecule has 1 aliphatic rings. The zero-order valence-corrected chi connectivity index (χ0v) is 25.0. The van der Waals surface area contributed by atoms with Crippen molar-refractivity contribution in [2.75, 3.05) is 36.8 Å². The molecule has 12 nitrogen and oxygen atoms in total. The molecule has 228 valence electrons. The molecule has 2 aromatic carbocycles. The number of halogens is 1. The summed E-state index contributed by atoms with van der Waals surface area (Å²) in [4.78, 5) is 34.6. The molecular weight excluding hydrogens is 575 g/mol. The second-order valence-electron chi connectivity index (χ2n) is 11.9. The highest BCUT2D eigenvalue weighted by atomic mass is 19.1. The normalized spacial score (nSPS) is 14.0. The smallest absolute Gasteiger partial charge is 0.410 e. The van der Waals surface area contributed by atoms with Crippen LogP contribution in [0.25, 0.3) is 50.1 Å². The Morgan fingerprint density at radius 3 is 2.56 bits per heavy atom. The molecule has 3 N–H and O–H groups in total. The number of para-hydroxylation sites is 1. The minimum atomic E-state index is -0.603. The standard InChI is InChI=1S/C32H31FN10O2/c1-32(2,3)45-31(44)42-12-10-41(11-13-42)26-16-24(21-6-4-5-7-23(21)39-26)43-18-37-28-22(30-36-17-38-40-30)14-19(15-25(28)43)20-8-9-35-29(34)27(20)33/h4-9,14-18H,10-13H2,1-3H3,(H2,34,35)(H,36,38,40). The number of benzene rings is 2. The molecule has 0 saturated carbocycles. The van der Waals surface area contributed by atoms with Crippen LogP contribution in [0, 0.1) is 5.82 Å². The minimum Gasteiger partial charge on any atom is -0.444 e. The van der Waals surface area contributed by atoms with E-state index in [0.29, 0.717) is 54.2 Å². The van der Waals surface area contributed by atoms with Crippen molar-refractivity contribution in [2.24, 2.45) is 0 Å². The predicted molar refractivity (Wildman–Crippen MR) is 169 cm³/mol. The first kappa shape index (κ1) is 28.2. The highest BCUT2D eigenvalue weighted by Crippen LogP contribution is 2.36. The lowest BCUT2D eigenvalue weighted by molar-refractivity contribution is 0.0240. The fourth-order valence-corrected chi connectivity index (χ4v) is 5.61. The maximum atomic E-state index is 15.2. The minimum absolute atomic E-state index is 0.182. The van der Waals surface area contributed by atoms with E-state index in [9.17, 15) is 4.79 Å². The molecule has 1 fully saturated rings. The molecule has 1 saturated heterocycles. The number of rotatable bonds is 4. The molecule has 7 rings (SSSR count). The largest absolute Gasteiger partial charge is 0.444 e. The number of fused-ring (bicyclic) bond motifs is 2. The van der Waals surface area contributed by atoms with Crippen molar-refractivity contribution < 1.29 is 13.9 Å². The molecule has 0 aliphatic carbocycles. The molecule has 4 aromatic heterocycles. The maximum absolute atomic E-state index is 15.2. The van der Waals surface area contributed by atoms with E-state index in [-0.39, 0.29) is 11.9 Å². The molecule has 6 aromatic rings. The van der Waals surface area contributed by atoms with Crippen LogP contribution >= 0.6 is 0 Å². The highest BCUT2D eigenvalue weighted by molar-refractivity contribution is 5.98. The van der Waals surface area contributed by atoms with Gasteiger partial charge in [-0.1, -0.05) is 18.2 Å². The van der Waals surface area contributed by atoms with E-state index in [0.717, 1.165) is 27.9 Å². The van der Waals surface area contributed by atoms with E-state index in [1.807, 2.05) is 67.8 Å². The molecule has 1 aliphatic heterocycles. The second kappa shape index (κ2) is 10.8. The van der Waals surface area contributed by atoms with E-state index in [1.165, 1.54) is 12.5 Å². The molecule has 0 unspecified atom stereocenters. The van der Waals surface area contributed by atoms with Gasteiger partial charge in [-0.05, 0) is 50.6 Å². The Bertz CT molecular complexity index is 2040.